The summed E-state index contributed by atoms with van der Waals surface area (Å²) in [5.41, 5.74) is 6.77. The number of nitrogen functional groups attached to an aromatic ring is 1. The summed E-state index contributed by atoms with van der Waals surface area (Å²) in [7, 11) is 1.88. The van der Waals surface area contributed by atoms with E-state index in [0.717, 1.165) is 13.0 Å². The highest BCUT2D eigenvalue weighted by Gasteiger charge is 2.03. The fourth-order valence-corrected chi connectivity index (χ4v) is 1.65. The van der Waals surface area contributed by atoms with E-state index in [4.69, 9.17) is 28.9 Å². The first-order chi connectivity index (χ1) is 7.15. The lowest BCUT2D eigenvalue weighted by atomic mass is 10.2. The van der Waals surface area contributed by atoms with Crippen LogP contribution in [-0.2, 0) is 0 Å². The molecule has 0 unspecified atom stereocenters. The molecule has 3 N–H and O–H groups in total. The summed E-state index contributed by atoms with van der Waals surface area (Å²) >= 11 is 11.9. The van der Waals surface area contributed by atoms with Crippen molar-refractivity contribution in [2.24, 2.45) is 0 Å². The number of nitrogens with two attached hydrogens (primary N) is 1. The third-order valence-electron chi connectivity index (χ3n) is 1.78. The van der Waals surface area contributed by atoms with Gasteiger partial charge in [0.1, 0.15) is 0 Å². The minimum absolute atomic E-state index is 0.497. The van der Waals surface area contributed by atoms with Crippen molar-refractivity contribution < 1.29 is 0 Å². The number of nitrogens with one attached hydrogen (secondary N) is 1. The summed E-state index contributed by atoms with van der Waals surface area (Å²) in [4.78, 5) is 0. The zero-order valence-corrected chi connectivity index (χ0v) is 9.91. The summed E-state index contributed by atoms with van der Waals surface area (Å²) in [5.74, 6) is 5.92. The van der Waals surface area contributed by atoms with E-state index in [9.17, 15) is 0 Å². The highest BCUT2D eigenvalue weighted by molar-refractivity contribution is 6.37. The molecule has 80 valence electrons. The maximum absolute atomic E-state index is 5.97. The fraction of sp³-hybridized carbons (Fsp3) is 0.273. The molecule has 0 saturated carbocycles. The molecule has 0 atom stereocenters. The van der Waals surface area contributed by atoms with Gasteiger partial charge in [-0.15, -0.1) is 0 Å². The molecule has 0 aliphatic carbocycles. The lowest BCUT2D eigenvalue weighted by Gasteiger charge is -2.01. The van der Waals surface area contributed by atoms with Crippen LogP contribution in [0.1, 0.15) is 12.0 Å². The van der Waals surface area contributed by atoms with Gasteiger partial charge in [-0.3, -0.25) is 0 Å². The Morgan fingerprint density at radius 3 is 2.47 bits per heavy atom. The van der Waals surface area contributed by atoms with Gasteiger partial charge >= 0.3 is 0 Å². The number of halogens is 2. The second-order valence-electron chi connectivity index (χ2n) is 3.01. The number of rotatable bonds is 2. The third kappa shape index (κ3) is 3.64. The Kier molecular flexibility index (Phi) is 4.77. The summed E-state index contributed by atoms with van der Waals surface area (Å²) in [6, 6.07) is 3.30. The molecule has 0 heterocycles. The van der Waals surface area contributed by atoms with E-state index in [1.54, 1.807) is 12.1 Å². The fourth-order valence-electron chi connectivity index (χ4n) is 1.05. The van der Waals surface area contributed by atoms with Gasteiger partial charge in [0.2, 0.25) is 0 Å². The highest BCUT2D eigenvalue weighted by atomic mass is 35.5. The van der Waals surface area contributed by atoms with E-state index in [1.807, 2.05) is 7.05 Å². The van der Waals surface area contributed by atoms with Crippen LogP contribution in [0.2, 0.25) is 10.0 Å². The second kappa shape index (κ2) is 5.87. The average molecular weight is 243 g/mol. The standard InChI is InChI=1S/C11H12Cl2N2/c1-15-5-3-2-4-9-10(12)6-8(14)7-11(9)13/h6-7,15H,3,5,14H2,1H3. The Morgan fingerprint density at radius 2 is 1.93 bits per heavy atom. The van der Waals surface area contributed by atoms with Crippen molar-refractivity contribution in [1.82, 2.24) is 5.32 Å². The zero-order valence-electron chi connectivity index (χ0n) is 8.40. The predicted molar refractivity (Wildman–Crippen MR) is 66.3 cm³/mol. The van der Waals surface area contributed by atoms with Crippen LogP contribution in [-0.4, -0.2) is 13.6 Å². The van der Waals surface area contributed by atoms with Gasteiger partial charge in [-0.2, -0.15) is 0 Å². The summed E-state index contributed by atoms with van der Waals surface area (Å²) in [6.07, 6.45) is 0.757. The van der Waals surface area contributed by atoms with E-state index in [0.29, 0.717) is 21.3 Å². The molecular formula is C11H12Cl2N2. The van der Waals surface area contributed by atoms with E-state index in [2.05, 4.69) is 17.2 Å². The van der Waals surface area contributed by atoms with Crippen molar-refractivity contribution in [3.63, 3.8) is 0 Å². The van der Waals surface area contributed by atoms with E-state index >= 15 is 0 Å². The minimum Gasteiger partial charge on any atom is -0.399 e. The van der Waals surface area contributed by atoms with Crippen molar-refractivity contribution in [3.05, 3.63) is 27.7 Å². The Balaban J connectivity index is 2.88. The molecule has 0 aliphatic rings. The first-order valence-electron chi connectivity index (χ1n) is 4.53. The molecule has 0 saturated heterocycles. The minimum atomic E-state index is 0.497. The Labute approximate surface area is 99.8 Å². The van der Waals surface area contributed by atoms with Gasteiger partial charge in [0.15, 0.2) is 0 Å². The first-order valence-corrected chi connectivity index (χ1v) is 5.28. The topological polar surface area (TPSA) is 38.0 Å². The number of hydrogen-bond donors (Lipinski definition) is 2. The maximum atomic E-state index is 5.97. The molecule has 4 heteroatoms. The van der Waals surface area contributed by atoms with Gasteiger partial charge < -0.3 is 11.1 Å². The van der Waals surface area contributed by atoms with Crippen LogP contribution in [0.3, 0.4) is 0 Å². The van der Waals surface area contributed by atoms with Crippen LogP contribution < -0.4 is 11.1 Å². The molecule has 1 aromatic rings. The third-order valence-corrected chi connectivity index (χ3v) is 2.37. The SMILES string of the molecule is CNCCC#Cc1c(Cl)cc(N)cc1Cl. The summed E-state index contributed by atoms with van der Waals surface area (Å²) in [6.45, 7) is 0.844. The van der Waals surface area contributed by atoms with Crippen molar-refractivity contribution >= 4 is 28.9 Å². The zero-order chi connectivity index (χ0) is 11.3. The van der Waals surface area contributed by atoms with Crippen molar-refractivity contribution in [2.45, 2.75) is 6.42 Å². The quantitative estimate of drug-likeness (QED) is 0.476. The van der Waals surface area contributed by atoms with E-state index < -0.39 is 0 Å². The molecule has 1 rings (SSSR count). The normalized spacial score (nSPS) is 9.53. The van der Waals surface area contributed by atoms with Crippen LogP contribution in [0.25, 0.3) is 0 Å². The smallest absolute Gasteiger partial charge is 0.0619 e. The van der Waals surface area contributed by atoms with Gasteiger partial charge in [0, 0.05) is 18.7 Å². The predicted octanol–water partition coefficient (Wildman–Crippen LogP) is 2.54. The molecule has 0 radical (unpaired) electrons. The van der Waals surface area contributed by atoms with Crippen LogP contribution in [0.5, 0.6) is 0 Å². The lowest BCUT2D eigenvalue weighted by Crippen LogP contribution is -2.05. The molecule has 0 bridgehead atoms. The van der Waals surface area contributed by atoms with Crippen LogP contribution in [0.15, 0.2) is 12.1 Å². The molecule has 0 aromatic heterocycles. The number of hydrogen-bond acceptors (Lipinski definition) is 2. The van der Waals surface area contributed by atoms with Gasteiger partial charge in [-0.1, -0.05) is 35.0 Å². The second-order valence-corrected chi connectivity index (χ2v) is 3.83. The van der Waals surface area contributed by atoms with Gasteiger partial charge in [0.25, 0.3) is 0 Å². The maximum Gasteiger partial charge on any atom is 0.0619 e. The van der Waals surface area contributed by atoms with Crippen LogP contribution >= 0.6 is 23.2 Å². The number of benzene rings is 1. The Morgan fingerprint density at radius 1 is 1.33 bits per heavy atom. The van der Waals surface area contributed by atoms with Crippen molar-refractivity contribution in [3.8, 4) is 11.8 Å². The molecule has 0 aliphatic heterocycles. The molecular weight excluding hydrogens is 231 g/mol. The largest absolute Gasteiger partial charge is 0.399 e. The Bertz CT molecular complexity index is 382. The summed E-state index contributed by atoms with van der Waals surface area (Å²) in [5, 5.41) is 4.00. The van der Waals surface area contributed by atoms with Gasteiger partial charge in [0.05, 0.1) is 15.6 Å². The molecule has 2 nitrogen and oxygen atoms in total. The van der Waals surface area contributed by atoms with E-state index in [1.165, 1.54) is 0 Å². The highest BCUT2D eigenvalue weighted by Crippen LogP contribution is 2.26. The molecule has 0 fully saturated rings. The monoisotopic (exact) mass is 242 g/mol. The molecule has 0 spiro atoms. The lowest BCUT2D eigenvalue weighted by molar-refractivity contribution is 0.818. The summed E-state index contributed by atoms with van der Waals surface area (Å²) < 4.78 is 0. The van der Waals surface area contributed by atoms with Gasteiger partial charge in [-0.25, -0.2) is 0 Å². The number of anilines is 1. The first kappa shape index (κ1) is 12.2. The van der Waals surface area contributed by atoms with Crippen LogP contribution in [0, 0.1) is 11.8 Å². The average Bonchev–Trinajstić information content (AvgIpc) is 2.15. The van der Waals surface area contributed by atoms with Crippen molar-refractivity contribution in [2.75, 3.05) is 19.3 Å². The molecule has 15 heavy (non-hydrogen) atoms. The van der Waals surface area contributed by atoms with E-state index in [-0.39, 0.29) is 0 Å². The Hall–Kier alpha value is -0.880. The molecule has 0 amide bonds. The van der Waals surface area contributed by atoms with Crippen molar-refractivity contribution in [1.29, 1.82) is 0 Å². The van der Waals surface area contributed by atoms with Gasteiger partial charge in [-0.05, 0) is 19.2 Å². The van der Waals surface area contributed by atoms with Crippen LogP contribution in [0.4, 0.5) is 5.69 Å². The molecule has 1 aromatic carbocycles.